The van der Waals surface area contributed by atoms with E-state index in [1.165, 1.54) is 12.4 Å². The van der Waals surface area contributed by atoms with Gasteiger partial charge in [0.2, 0.25) is 5.91 Å². The Balaban J connectivity index is 1.62. The summed E-state index contributed by atoms with van der Waals surface area (Å²) in [6, 6.07) is 13.5. The van der Waals surface area contributed by atoms with Gasteiger partial charge in [0.1, 0.15) is 18.2 Å². The summed E-state index contributed by atoms with van der Waals surface area (Å²) in [5, 5.41) is 4.13. The lowest BCUT2D eigenvalue weighted by Gasteiger charge is -2.38. The largest absolute Gasteiger partial charge is 0.493 e. The van der Waals surface area contributed by atoms with Gasteiger partial charge in [-0.05, 0) is 24.3 Å². The van der Waals surface area contributed by atoms with Gasteiger partial charge in [-0.1, -0.05) is 24.8 Å². The van der Waals surface area contributed by atoms with E-state index in [-0.39, 0.29) is 12.0 Å². The summed E-state index contributed by atoms with van der Waals surface area (Å²) < 4.78 is 11.5. The molecule has 2 heterocycles. The highest BCUT2D eigenvalue weighted by molar-refractivity contribution is 5.93. The third-order valence-electron chi connectivity index (χ3n) is 4.59. The first kappa shape index (κ1) is 17.8. The molecule has 0 aliphatic carbocycles. The fourth-order valence-corrected chi connectivity index (χ4v) is 3.07. The van der Waals surface area contributed by atoms with Crippen molar-refractivity contribution in [2.45, 2.75) is 6.10 Å². The van der Waals surface area contributed by atoms with Crippen molar-refractivity contribution in [3.63, 3.8) is 0 Å². The summed E-state index contributed by atoms with van der Waals surface area (Å²) in [6.45, 7) is 4.55. The zero-order valence-electron chi connectivity index (χ0n) is 15.5. The number of likely N-dealkylation sites (tertiary alicyclic amines) is 1. The van der Waals surface area contributed by atoms with Crippen LogP contribution in [0.25, 0.3) is 10.9 Å². The highest BCUT2D eigenvalue weighted by atomic mass is 16.5. The molecule has 1 N–H and O–H groups in total. The standard InChI is InChI=1S/C21H20N4O3/c1-3-20(26)25-11-15(12-25)28-19-9-16-17(10-18(19)27-2)22-13-23-21(16)24-14-7-5-4-6-8-14/h3-10,13,15H,1,11-12H2,2H3,(H,22,23,24). The number of fused-ring (bicyclic) bond motifs is 1. The fraction of sp³-hybridized carbons (Fsp3) is 0.190. The van der Waals surface area contributed by atoms with Crippen LogP contribution >= 0.6 is 0 Å². The number of aromatic nitrogens is 2. The van der Waals surface area contributed by atoms with E-state index in [4.69, 9.17) is 9.47 Å². The monoisotopic (exact) mass is 376 g/mol. The molecule has 0 saturated carbocycles. The molecular formula is C21H20N4O3. The third kappa shape index (κ3) is 3.46. The summed E-state index contributed by atoms with van der Waals surface area (Å²) >= 11 is 0. The maximum Gasteiger partial charge on any atom is 0.246 e. The molecule has 28 heavy (non-hydrogen) atoms. The second-order valence-electron chi connectivity index (χ2n) is 6.42. The number of anilines is 2. The van der Waals surface area contributed by atoms with Crippen molar-refractivity contribution in [1.29, 1.82) is 0 Å². The van der Waals surface area contributed by atoms with E-state index in [9.17, 15) is 4.79 Å². The summed E-state index contributed by atoms with van der Waals surface area (Å²) in [4.78, 5) is 22.0. The number of ether oxygens (including phenoxy) is 2. The number of hydrogen-bond acceptors (Lipinski definition) is 6. The van der Waals surface area contributed by atoms with Gasteiger partial charge in [0, 0.05) is 17.1 Å². The molecule has 1 saturated heterocycles. The van der Waals surface area contributed by atoms with Crippen LogP contribution in [0.2, 0.25) is 0 Å². The maximum atomic E-state index is 11.6. The lowest BCUT2D eigenvalue weighted by atomic mass is 10.1. The van der Waals surface area contributed by atoms with Crippen LogP contribution < -0.4 is 14.8 Å². The Kier molecular flexibility index (Phi) is 4.80. The smallest absolute Gasteiger partial charge is 0.246 e. The average Bonchev–Trinajstić information content (AvgIpc) is 2.70. The van der Waals surface area contributed by atoms with E-state index >= 15 is 0 Å². The zero-order chi connectivity index (χ0) is 19.5. The van der Waals surface area contributed by atoms with E-state index in [2.05, 4.69) is 21.9 Å². The van der Waals surface area contributed by atoms with Crippen LogP contribution in [-0.2, 0) is 4.79 Å². The van der Waals surface area contributed by atoms with E-state index in [0.717, 1.165) is 16.6 Å². The number of nitrogens with zero attached hydrogens (tertiary/aromatic N) is 3. The van der Waals surface area contributed by atoms with E-state index < -0.39 is 0 Å². The first-order valence-corrected chi connectivity index (χ1v) is 8.90. The van der Waals surface area contributed by atoms with Crippen molar-refractivity contribution in [3.05, 3.63) is 61.4 Å². The molecule has 0 bridgehead atoms. The third-order valence-corrected chi connectivity index (χ3v) is 4.59. The summed E-state index contributed by atoms with van der Waals surface area (Å²) in [5.41, 5.74) is 1.67. The topological polar surface area (TPSA) is 76.6 Å². The molecule has 0 unspecified atom stereocenters. The molecule has 7 nitrogen and oxygen atoms in total. The predicted molar refractivity (Wildman–Crippen MR) is 107 cm³/mol. The van der Waals surface area contributed by atoms with Gasteiger partial charge in [0.15, 0.2) is 11.5 Å². The number of rotatable bonds is 6. The number of carbonyl (C=O) groups excluding carboxylic acids is 1. The minimum Gasteiger partial charge on any atom is -0.493 e. The van der Waals surface area contributed by atoms with Crippen LogP contribution in [0.4, 0.5) is 11.5 Å². The van der Waals surface area contributed by atoms with Gasteiger partial charge in [0.05, 0.1) is 25.7 Å². The molecule has 1 amide bonds. The minimum atomic E-state index is -0.0922. The van der Waals surface area contributed by atoms with Crippen molar-refractivity contribution < 1.29 is 14.3 Å². The van der Waals surface area contributed by atoms with E-state index in [1.54, 1.807) is 12.0 Å². The van der Waals surface area contributed by atoms with E-state index in [0.29, 0.717) is 30.4 Å². The molecule has 142 valence electrons. The maximum absolute atomic E-state index is 11.6. The van der Waals surface area contributed by atoms with Crippen LogP contribution in [0.15, 0.2) is 61.4 Å². The number of para-hydroxylation sites is 1. The van der Waals surface area contributed by atoms with Crippen LogP contribution in [0.1, 0.15) is 0 Å². The number of benzene rings is 2. The Labute approximate surface area is 162 Å². The number of hydrogen-bond donors (Lipinski definition) is 1. The predicted octanol–water partition coefficient (Wildman–Crippen LogP) is 3.16. The van der Waals surface area contributed by atoms with Crippen molar-refractivity contribution in [3.8, 4) is 11.5 Å². The van der Waals surface area contributed by atoms with Crippen LogP contribution in [0, 0.1) is 0 Å². The highest BCUT2D eigenvalue weighted by Gasteiger charge is 2.31. The van der Waals surface area contributed by atoms with Crippen LogP contribution in [0.3, 0.4) is 0 Å². The Morgan fingerprint density at radius 1 is 1.21 bits per heavy atom. The minimum absolute atomic E-state index is 0.0897. The van der Waals surface area contributed by atoms with Crippen molar-refractivity contribution in [2.24, 2.45) is 0 Å². The Hall–Kier alpha value is -3.61. The molecule has 1 aliphatic heterocycles. The molecular weight excluding hydrogens is 356 g/mol. The molecule has 1 aromatic heterocycles. The number of amides is 1. The Bertz CT molecular complexity index is 1020. The first-order chi connectivity index (χ1) is 13.7. The molecule has 0 atom stereocenters. The van der Waals surface area contributed by atoms with Gasteiger partial charge >= 0.3 is 0 Å². The van der Waals surface area contributed by atoms with Gasteiger partial charge in [-0.3, -0.25) is 4.79 Å². The van der Waals surface area contributed by atoms with Crippen molar-refractivity contribution >= 4 is 28.3 Å². The fourth-order valence-electron chi connectivity index (χ4n) is 3.07. The number of methoxy groups -OCH3 is 1. The van der Waals surface area contributed by atoms with Gasteiger partial charge in [-0.2, -0.15) is 0 Å². The average molecular weight is 376 g/mol. The van der Waals surface area contributed by atoms with Crippen molar-refractivity contribution in [1.82, 2.24) is 14.9 Å². The van der Waals surface area contributed by atoms with Gasteiger partial charge in [-0.15, -0.1) is 0 Å². The molecule has 1 aliphatic rings. The first-order valence-electron chi connectivity index (χ1n) is 8.90. The Morgan fingerprint density at radius 2 is 2.00 bits per heavy atom. The van der Waals surface area contributed by atoms with E-state index in [1.807, 2.05) is 42.5 Å². The Morgan fingerprint density at radius 3 is 2.71 bits per heavy atom. The lowest BCUT2D eigenvalue weighted by molar-refractivity contribution is -0.134. The zero-order valence-corrected chi connectivity index (χ0v) is 15.5. The molecule has 3 aromatic rings. The quantitative estimate of drug-likeness (QED) is 0.666. The molecule has 1 fully saturated rings. The summed E-state index contributed by atoms with van der Waals surface area (Å²) in [5.74, 6) is 1.77. The highest BCUT2D eigenvalue weighted by Crippen LogP contribution is 2.36. The molecule has 0 spiro atoms. The van der Waals surface area contributed by atoms with Gasteiger partial charge in [-0.25, -0.2) is 9.97 Å². The lowest BCUT2D eigenvalue weighted by Crippen LogP contribution is -2.55. The van der Waals surface area contributed by atoms with Crippen LogP contribution in [-0.4, -0.2) is 47.1 Å². The second-order valence-corrected chi connectivity index (χ2v) is 6.42. The molecule has 7 heteroatoms. The SMILES string of the molecule is C=CC(=O)N1CC(Oc2cc3c(Nc4ccccc4)ncnc3cc2OC)C1. The second kappa shape index (κ2) is 7.56. The normalized spacial score (nSPS) is 13.7. The molecule has 0 radical (unpaired) electrons. The molecule has 2 aromatic carbocycles. The summed E-state index contributed by atoms with van der Waals surface area (Å²) in [7, 11) is 1.59. The van der Waals surface area contributed by atoms with Crippen LogP contribution in [0.5, 0.6) is 11.5 Å². The molecule has 4 rings (SSSR count). The van der Waals surface area contributed by atoms with Gasteiger partial charge in [0.25, 0.3) is 0 Å². The van der Waals surface area contributed by atoms with Gasteiger partial charge < -0.3 is 19.7 Å². The number of nitrogens with one attached hydrogen (secondary N) is 1. The number of carbonyl (C=O) groups is 1. The summed E-state index contributed by atoms with van der Waals surface area (Å²) in [6.07, 6.45) is 2.73. The van der Waals surface area contributed by atoms with Crippen molar-refractivity contribution in [2.75, 3.05) is 25.5 Å².